The number of ether oxygens (including phenoxy) is 1. The molecule has 48 valence electrons. The van der Waals surface area contributed by atoms with Gasteiger partial charge in [0, 0.05) is 13.7 Å². The van der Waals surface area contributed by atoms with Crippen molar-refractivity contribution in [2.75, 3.05) is 13.7 Å². The van der Waals surface area contributed by atoms with E-state index < -0.39 is 0 Å². The van der Waals surface area contributed by atoms with Crippen molar-refractivity contribution in [2.24, 2.45) is 0 Å². The summed E-state index contributed by atoms with van der Waals surface area (Å²) in [5.41, 5.74) is 0. The summed E-state index contributed by atoms with van der Waals surface area (Å²) >= 11 is 0. The van der Waals surface area contributed by atoms with Gasteiger partial charge in [-0.2, -0.15) is 0 Å². The first-order chi connectivity index (χ1) is 3.31. The van der Waals surface area contributed by atoms with Gasteiger partial charge in [0.25, 0.3) is 0 Å². The Morgan fingerprint density at radius 3 is 2.38 bits per heavy atom. The van der Waals surface area contributed by atoms with Crippen LogP contribution in [-0.4, -0.2) is 48.0 Å². The SMILES string of the molecule is COC(C)CCO.[H-].[H-].[Mg+2]. The topological polar surface area (TPSA) is 29.5 Å². The van der Waals surface area contributed by atoms with Gasteiger partial charge < -0.3 is 12.7 Å². The Morgan fingerprint density at radius 2 is 2.25 bits per heavy atom. The molecule has 0 aromatic heterocycles. The van der Waals surface area contributed by atoms with Gasteiger partial charge >= 0.3 is 23.1 Å². The van der Waals surface area contributed by atoms with Crippen LogP contribution in [0.2, 0.25) is 0 Å². The summed E-state index contributed by atoms with van der Waals surface area (Å²) in [7, 11) is 1.64. The fourth-order valence-electron chi connectivity index (χ4n) is 0.300. The predicted octanol–water partition coefficient (Wildman–Crippen LogP) is 0.248. The summed E-state index contributed by atoms with van der Waals surface area (Å²) in [5.74, 6) is 0. The van der Waals surface area contributed by atoms with Gasteiger partial charge in [0.2, 0.25) is 0 Å². The zero-order valence-corrected chi connectivity index (χ0v) is 6.97. The van der Waals surface area contributed by atoms with Crippen LogP contribution in [0.3, 0.4) is 0 Å². The zero-order chi connectivity index (χ0) is 5.70. The largest absolute Gasteiger partial charge is 2.00 e. The molecule has 0 amide bonds. The second-order valence-electron chi connectivity index (χ2n) is 1.56. The van der Waals surface area contributed by atoms with Gasteiger partial charge in [0.15, 0.2) is 0 Å². The van der Waals surface area contributed by atoms with Gasteiger partial charge in [-0.3, -0.25) is 0 Å². The Balaban J connectivity index is -0.0000000600. The van der Waals surface area contributed by atoms with E-state index in [0.29, 0.717) is 0 Å². The molecule has 0 fully saturated rings. The van der Waals surface area contributed by atoms with Gasteiger partial charge in [-0.25, -0.2) is 0 Å². The summed E-state index contributed by atoms with van der Waals surface area (Å²) in [6.45, 7) is 2.14. The van der Waals surface area contributed by atoms with Crippen molar-refractivity contribution >= 4 is 23.1 Å². The van der Waals surface area contributed by atoms with E-state index >= 15 is 0 Å². The Bertz CT molecular complexity index is 48.6. The van der Waals surface area contributed by atoms with Gasteiger partial charge in [-0.15, -0.1) is 0 Å². The summed E-state index contributed by atoms with van der Waals surface area (Å²) in [6.07, 6.45) is 0.932. The molecule has 8 heavy (non-hydrogen) atoms. The molecule has 1 unspecified atom stereocenters. The molecule has 0 spiro atoms. The molecule has 0 saturated carbocycles. The molecule has 0 rings (SSSR count). The summed E-state index contributed by atoms with van der Waals surface area (Å²) in [4.78, 5) is 0. The first-order valence-electron chi connectivity index (χ1n) is 2.45. The number of aliphatic hydroxyl groups is 1. The van der Waals surface area contributed by atoms with Crippen molar-refractivity contribution in [3.8, 4) is 0 Å². The smallest absolute Gasteiger partial charge is 1.00 e. The molecule has 0 aliphatic rings. The van der Waals surface area contributed by atoms with Gasteiger partial charge in [0.05, 0.1) is 6.10 Å². The Labute approximate surface area is 69.3 Å². The van der Waals surface area contributed by atoms with Crippen molar-refractivity contribution in [1.29, 1.82) is 0 Å². The maximum absolute atomic E-state index is 8.29. The van der Waals surface area contributed by atoms with Gasteiger partial charge in [-0.1, -0.05) is 0 Å². The van der Waals surface area contributed by atoms with Crippen LogP contribution in [0, 0.1) is 0 Å². The third-order valence-corrected chi connectivity index (χ3v) is 0.938. The molecule has 0 aromatic carbocycles. The summed E-state index contributed by atoms with van der Waals surface area (Å²) < 4.78 is 4.83. The normalized spacial score (nSPS) is 12.4. The van der Waals surface area contributed by atoms with Crippen LogP contribution >= 0.6 is 0 Å². The molecule has 0 radical (unpaired) electrons. The van der Waals surface area contributed by atoms with E-state index in [4.69, 9.17) is 9.84 Å². The van der Waals surface area contributed by atoms with Crippen molar-refractivity contribution in [3.63, 3.8) is 0 Å². The van der Waals surface area contributed by atoms with Crippen molar-refractivity contribution in [3.05, 3.63) is 0 Å². The molecule has 1 atom stereocenters. The van der Waals surface area contributed by atoms with Crippen molar-refractivity contribution in [1.82, 2.24) is 0 Å². The van der Waals surface area contributed by atoms with Gasteiger partial charge in [-0.05, 0) is 13.3 Å². The molecule has 0 heterocycles. The van der Waals surface area contributed by atoms with E-state index in [1.54, 1.807) is 7.11 Å². The monoisotopic (exact) mass is 130 g/mol. The van der Waals surface area contributed by atoms with E-state index in [2.05, 4.69) is 0 Å². The molecule has 0 saturated heterocycles. The van der Waals surface area contributed by atoms with Crippen LogP contribution < -0.4 is 0 Å². The minimum Gasteiger partial charge on any atom is -1.00 e. The first-order valence-corrected chi connectivity index (χ1v) is 2.45. The van der Waals surface area contributed by atoms with Crippen LogP contribution in [0.1, 0.15) is 16.2 Å². The maximum Gasteiger partial charge on any atom is 2.00 e. The third-order valence-electron chi connectivity index (χ3n) is 0.938. The molecule has 0 aliphatic carbocycles. The second kappa shape index (κ2) is 7.69. The van der Waals surface area contributed by atoms with Crippen molar-refractivity contribution in [2.45, 2.75) is 19.4 Å². The van der Waals surface area contributed by atoms with E-state index in [1.807, 2.05) is 6.92 Å². The molecular weight excluding hydrogens is 116 g/mol. The molecule has 3 heteroatoms. The Hall–Kier alpha value is 0.686. The average molecular weight is 130 g/mol. The van der Waals surface area contributed by atoms with Crippen molar-refractivity contribution < 1.29 is 12.7 Å². The van der Waals surface area contributed by atoms with Crippen LogP contribution in [0.4, 0.5) is 0 Å². The summed E-state index contributed by atoms with van der Waals surface area (Å²) in [5, 5.41) is 8.29. The average Bonchev–Trinajstić information content (AvgIpc) is 1.68. The predicted molar refractivity (Wildman–Crippen MR) is 36.2 cm³/mol. The molecule has 0 aromatic rings. The van der Waals surface area contributed by atoms with E-state index in [9.17, 15) is 0 Å². The quantitative estimate of drug-likeness (QED) is 0.555. The number of hydrogen-bond donors (Lipinski definition) is 1. The standard InChI is InChI=1S/C5H12O2.Mg.2H/c1-5(7-2)3-4-6;;;/h5-6H,3-4H2,1-2H3;;;/q;+2;2*-1. The fourth-order valence-corrected chi connectivity index (χ4v) is 0.300. The fraction of sp³-hybridized carbons (Fsp3) is 1.00. The van der Waals surface area contributed by atoms with E-state index in [0.717, 1.165) is 6.42 Å². The van der Waals surface area contributed by atoms with Crippen LogP contribution in [0.5, 0.6) is 0 Å². The first kappa shape index (κ1) is 11.5. The Kier molecular flexibility index (Phi) is 11.0. The molecule has 2 nitrogen and oxygen atoms in total. The van der Waals surface area contributed by atoms with Crippen LogP contribution in [0.25, 0.3) is 0 Å². The summed E-state index contributed by atoms with van der Waals surface area (Å²) in [6, 6.07) is 0. The number of rotatable bonds is 3. The van der Waals surface area contributed by atoms with Crippen LogP contribution in [-0.2, 0) is 4.74 Å². The zero-order valence-electron chi connectivity index (χ0n) is 7.55. The third kappa shape index (κ3) is 6.69. The number of aliphatic hydroxyl groups excluding tert-OH is 1. The van der Waals surface area contributed by atoms with Crippen LogP contribution in [0.15, 0.2) is 0 Å². The van der Waals surface area contributed by atoms with E-state index in [-0.39, 0.29) is 38.6 Å². The molecule has 1 N–H and O–H groups in total. The molecule has 0 aliphatic heterocycles. The number of methoxy groups -OCH3 is 1. The molecule has 0 bridgehead atoms. The minimum atomic E-state index is 0. The van der Waals surface area contributed by atoms with Gasteiger partial charge in [0.1, 0.15) is 0 Å². The number of hydrogen-bond acceptors (Lipinski definition) is 2. The Morgan fingerprint density at radius 1 is 1.75 bits per heavy atom. The second-order valence-corrected chi connectivity index (χ2v) is 1.56. The maximum atomic E-state index is 8.29. The van der Waals surface area contributed by atoms with E-state index in [1.165, 1.54) is 0 Å². The minimum absolute atomic E-state index is 0. The molecular formula is C5H14MgO2.